The molecule has 98 valence electrons. The topological polar surface area (TPSA) is 58.2 Å². The van der Waals surface area contributed by atoms with Crippen molar-refractivity contribution in [1.29, 1.82) is 0 Å². The third-order valence-electron chi connectivity index (χ3n) is 2.15. The summed E-state index contributed by atoms with van der Waals surface area (Å²) in [4.78, 5) is 22.8. The number of benzene rings is 1. The van der Waals surface area contributed by atoms with E-state index in [-0.39, 0.29) is 24.3 Å². The first-order valence-corrected chi connectivity index (χ1v) is 5.79. The quantitative estimate of drug-likeness (QED) is 0.841. The molecule has 2 amide bonds. The molecule has 18 heavy (non-hydrogen) atoms. The van der Waals surface area contributed by atoms with E-state index in [1.54, 1.807) is 6.07 Å². The van der Waals surface area contributed by atoms with Gasteiger partial charge in [0, 0.05) is 12.1 Å². The van der Waals surface area contributed by atoms with Crippen molar-refractivity contribution < 1.29 is 14.0 Å². The Morgan fingerprint density at radius 2 is 2.00 bits per heavy atom. The smallest absolute Gasteiger partial charge is 0.243 e. The number of hydrogen-bond donors (Lipinski definition) is 2. The Labute approximate surface area is 106 Å². The van der Waals surface area contributed by atoms with Gasteiger partial charge in [0.1, 0.15) is 5.82 Å². The lowest BCUT2D eigenvalue weighted by molar-refractivity contribution is -0.124. The van der Waals surface area contributed by atoms with E-state index in [1.165, 1.54) is 18.2 Å². The van der Waals surface area contributed by atoms with E-state index in [4.69, 9.17) is 0 Å². The monoisotopic (exact) mass is 252 g/mol. The third-order valence-corrected chi connectivity index (χ3v) is 2.15. The van der Waals surface area contributed by atoms with Crippen LogP contribution in [0.4, 0.5) is 10.1 Å². The maximum atomic E-state index is 12.9. The highest BCUT2D eigenvalue weighted by molar-refractivity contribution is 5.94. The first-order valence-electron chi connectivity index (χ1n) is 5.79. The minimum absolute atomic E-state index is 0.109. The summed E-state index contributed by atoms with van der Waals surface area (Å²) in [6, 6.07) is 5.59. The molecule has 0 bridgehead atoms. The van der Waals surface area contributed by atoms with Crippen LogP contribution in [0.1, 0.15) is 20.3 Å². The summed E-state index contributed by atoms with van der Waals surface area (Å²) < 4.78 is 12.9. The van der Waals surface area contributed by atoms with E-state index in [2.05, 4.69) is 10.6 Å². The molecular formula is C13H17FN2O2. The van der Waals surface area contributed by atoms with Crippen LogP contribution in [0.15, 0.2) is 24.3 Å². The molecule has 0 fully saturated rings. The van der Waals surface area contributed by atoms with Gasteiger partial charge >= 0.3 is 0 Å². The zero-order valence-corrected chi connectivity index (χ0v) is 10.5. The van der Waals surface area contributed by atoms with Crippen molar-refractivity contribution in [2.45, 2.75) is 20.3 Å². The number of halogens is 1. The molecule has 2 N–H and O–H groups in total. The first kappa shape index (κ1) is 14.2. The molecule has 0 aliphatic heterocycles. The molecule has 0 aliphatic rings. The fourth-order valence-corrected chi connectivity index (χ4v) is 1.39. The summed E-state index contributed by atoms with van der Waals surface area (Å²) in [5, 5.41) is 5.00. The summed E-state index contributed by atoms with van der Waals surface area (Å²) in [6.45, 7) is 3.74. The fourth-order valence-electron chi connectivity index (χ4n) is 1.39. The molecule has 0 spiro atoms. The van der Waals surface area contributed by atoms with Crippen LogP contribution in [0, 0.1) is 11.7 Å². The predicted octanol–water partition coefficient (Wildman–Crippen LogP) is 1.93. The summed E-state index contributed by atoms with van der Waals surface area (Å²) in [5.41, 5.74) is 0.373. The van der Waals surface area contributed by atoms with E-state index in [1.807, 2.05) is 13.8 Å². The molecule has 0 saturated heterocycles. The Balaban J connectivity index is 2.36. The number of amides is 2. The number of carbonyl (C=O) groups is 2. The molecule has 0 aliphatic carbocycles. The summed E-state index contributed by atoms with van der Waals surface area (Å²) in [7, 11) is 0. The zero-order chi connectivity index (χ0) is 13.5. The lowest BCUT2D eigenvalue weighted by Gasteiger charge is -2.08. The number of anilines is 1. The predicted molar refractivity (Wildman–Crippen MR) is 67.5 cm³/mol. The van der Waals surface area contributed by atoms with Gasteiger partial charge in [-0.2, -0.15) is 0 Å². The van der Waals surface area contributed by atoms with Crippen molar-refractivity contribution >= 4 is 17.5 Å². The van der Waals surface area contributed by atoms with Gasteiger partial charge in [-0.25, -0.2) is 4.39 Å². The summed E-state index contributed by atoms with van der Waals surface area (Å²) >= 11 is 0. The van der Waals surface area contributed by atoms with Crippen LogP contribution in [-0.2, 0) is 9.59 Å². The second-order valence-corrected chi connectivity index (χ2v) is 4.43. The molecule has 1 aromatic carbocycles. The molecule has 1 rings (SSSR count). The Bertz CT molecular complexity index is 433. The maximum absolute atomic E-state index is 12.9. The molecule has 0 aromatic heterocycles. The highest BCUT2D eigenvalue weighted by Crippen LogP contribution is 2.08. The Kier molecular flexibility index (Phi) is 5.30. The fraction of sp³-hybridized carbons (Fsp3) is 0.385. The van der Waals surface area contributed by atoms with Crippen LogP contribution in [0.3, 0.4) is 0 Å². The Morgan fingerprint density at radius 1 is 1.28 bits per heavy atom. The van der Waals surface area contributed by atoms with Crippen LogP contribution < -0.4 is 10.6 Å². The van der Waals surface area contributed by atoms with E-state index in [9.17, 15) is 14.0 Å². The largest absolute Gasteiger partial charge is 0.347 e. The molecule has 0 unspecified atom stereocenters. The zero-order valence-electron chi connectivity index (χ0n) is 10.5. The van der Waals surface area contributed by atoms with Crippen molar-refractivity contribution in [1.82, 2.24) is 5.32 Å². The van der Waals surface area contributed by atoms with Gasteiger partial charge in [0.2, 0.25) is 11.8 Å². The SMILES string of the molecule is CC(C)CC(=O)NCC(=O)Nc1cccc(F)c1. The molecule has 0 saturated carbocycles. The van der Waals surface area contributed by atoms with Gasteiger partial charge in [0.15, 0.2) is 0 Å². The van der Waals surface area contributed by atoms with Crippen LogP contribution in [0.5, 0.6) is 0 Å². The third kappa shape index (κ3) is 5.43. The number of rotatable bonds is 5. The highest BCUT2D eigenvalue weighted by Gasteiger charge is 2.07. The van der Waals surface area contributed by atoms with E-state index < -0.39 is 5.82 Å². The van der Waals surface area contributed by atoms with Gasteiger partial charge < -0.3 is 10.6 Å². The number of carbonyl (C=O) groups excluding carboxylic acids is 2. The molecule has 0 atom stereocenters. The van der Waals surface area contributed by atoms with E-state index >= 15 is 0 Å². The van der Waals surface area contributed by atoms with Crippen molar-refractivity contribution in [2.24, 2.45) is 5.92 Å². The molecule has 0 radical (unpaired) electrons. The average molecular weight is 252 g/mol. The first-order chi connectivity index (χ1) is 8.47. The van der Waals surface area contributed by atoms with E-state index in [0.29, 0.717) is 12.1 Å². The van der Waals surface area contributed by atoms with Gasteiger partial charge in [-0.1, -0.05) is 19.9 Å². The van der Waals surface area contributed by atoms with Crippen LogP contribution in [0.2, 0.25) is 0 Å². The standard InChI is InChI=1S/C13H17FN2O2/c1-9(2)6-12(17)15-8-13(18)16-11-5-3-4-10(14)7-11/h3-5,7,9H,6,8H2,1-2H3,(H,15,17)(H,16,18). The lowest BCUT2D eigenvalue weighted by Crippen LogP contribution is -2.33. The van der Waals surface area contributed by atoms with Gasteiger partial charge in [-0.05, 0) is 24.1 Å². The summed E-state index contributed by atoms with van der Waals surface area (Å²) in [6.07, 6.45) is 0.382. The van der Waals surface area contributed by atoms with Crippen LogP contribution >= 0.6 is 0 Å². The van der Waals surface area contributed by atoms with Gasteiger partial charge in [0.05, 0.1) is 6.54 Å². The Morgan fingerprint density at radius 3 is 2.61 bits per heavy atom. The number of nitrogens with one attached hydrogen (secondary N) is 2. The van der Waals surface area contributed by atoms with Gasteiger partial charge in [-0.15, -0.1) is 0 Å². The van der Waals surface area contributed by atoms with Gasteiger partial charge in [0.25, 0.3) is 0 Å². The average Bonchev–Trinajstić information content (AvgIpc) is 2.25. The maximum Gasteiger partial charge on any atom is 0.243 e. The minimum atomic E-state index is -0.420. The highest BCUT2D eigenvalue weighted by atomic mass is 19.1. The van der Waals surface area contributed by atoms with Crippen molar-refractivity contribution in [2.75, 3.05) is 11.9 Å². The van der Waals surface area contributed by atoms with Crippen LogP contribution in [0.25, 0.3) is 0 Å². The minimum Gasteiger partial charge on any atom is -0.347 e. The van der Waals surface area contributed by atoms with E-state index in [0.717, 1.165) is 0 Å². The molecule has 1 aromatic rings. The second kappa shape index (κ2) is 6.74. The van der Waals surface area contributed by atoms with Crippen molar-refractivity contribution in [3.63, 3.8) is 0 Å². The van der Waals surface area contributed by atoms with Gasteiger partial charge in [-0.3, -0.25) is 9.59 Å². The second-order valence-electron chi connectivity index (χ2n) is 4.43. The molecular weight excluding hydrogens is 235 g/mol. The number of hydrogen-bond acceptors (Lipinski definition) is 2. The summed E-state index contributed by atoms with van der Waals surface area (Å²) in [5.74, 6) is -0.718. The van der Waals surface area contributed by atoms with Crippen molar-refractivity contribution in [3.8, 4) is 0 Å². The Hall–Kier alpha value is -1.91. The van der Waals surface area contributed by atoms with Crippen molar-refractivity contribution in [3.05, 3.63) is 30.1 Å². The molecule has 0 heterocycles. The lowest BCUT2D eigenvalue weighted by atomic mass is 10.1. The van der Waals surface area contributed by atoms with Crippen LogP contribution in [-0.4, -0.2) is 18.4 Å². The normalized spacial score (nSPS) is 10.2. The molecule has 4 nitrogen and oxygen atoms in total. The molecule has 5 heteroatoms.